The molecule has 12 heteroatoms. The van der Waals surface area contributed by atoms with E-state index in [1.54, 1.807) is 0 Å². The molecule has 0 aliphatic rings. The molecule has 0 saturated heterocycles. The SMILES string of the molecule is CCCCCCCC/C=C\CCCCCCCC(=O)[O-].CCCCCCCC/C=C\CCCCCCCC(=O)[O-].CCCCCCCC/C=C\CCCCCCCC(=O)[O-].[C]=O.[C]=O.[C]=O.[C]=O.[C]=O.[Fe+3]. The maximum absolute atomic E-state index is 10.2. The van der Waals surface area contributed by atoms with Crippen molar-refractivity contribution in [2.24, 2.45) is 0 Å². The molecule has 0 spiro atoms. The summed E-state index contributed by atoms with van der Waals surface area (Å²) in [5.41, 5.74) is 0. The normalized spacial score (nSPS) is 9.79. The summed E-state index contributed by atoms with van der Waals surface area (Å²) in [7, 11) is 0. The predicted molar refractivity (Wildman–Crippen MR) is 282 cm³/mol. The first-order valence-corrected chi connectivity index (χ1v) is 26.9. The van der Waals surface area contributed by atoms with Gasteiger partial charge in [0.05, 0.1) is 0 Å². The molecule has 0 aromatic rings. The van der Waals surface area contributed by atoms with Gasteiger partial charge in [0.15, 0.2) is 0 Å². The minimum Gasteiger partial charge on any atom is -0.550 e. The summed E-state index contributed by atoms with van der Waals surface area (Å²) >= 11 is 0. The average Bonchev–Trinajstić information content (AvgIpc) is 3.38. The molecule has 0 fully saturated rings. The number of aliphatic carboxylic acids is 3. The number of carbonyl (C=O) groups excluding carboxylic acids is 8. The Bertz CT molecular complexity index is 909. The van der Waals surface area contributed by atoms with E-state index >= 15 is 0 Å². The van der Waals surface area contributed by atoms with Gasteiger partial charge in [0.1, 0.15) is 0 Å². The van der Waals surface area contributed by atoms with E-state index in [0.717, 1.165) is 57.8 Å². The third kappa shape index (κ3) is 123. The fourth-order valence-corrected chi connectivity index (χ4v) is 7.02. The van der Waals surface area contributed by atoms with E-state index < -0.39 is 17.9 Å². The van der Waals surface area contributed by atoms with Gasteiger partial charge in [-0.15, -0.1) is 0 Å². The summed E-state index contributed by atoms with van der Waals surface area (Å²) in [5, 5.41) is 30.6. The fourth-order valence-electron chi connectivity index (χ4n) is 7.02. The van der Waals surface area contributed by atoms with Crippen molar-refractivity contribution in [3.05, 3.63) is 36.5 Å². The molecule has 0 aromatic carbocycles. The zero-order chi connectivity index (χ0) is 54.7. The molecule has 11 radical (unpaired) electrons. The number of carboxylic acids is 3. The van der Waals surface area contributed by atoms with Crippen LogP contribution in [0.1, 0.15) is 290 Å². The van der Waals surface area contributed by atoms with Crippen LogP contribution in [-0.4, -0.2) is 51.9 Å². The Morgan fingerprint density at radius 1 is 0.254 bits per heavy atom. The second-order valence-corrected chi connectivity index (χ2v) is 17.1. The van der Waals surface area contributed by atoms with Crippen molar-refractivity contribution in [2.75, 3.05) is 0 Å². The van der Waals surface area contributed by atoms with Crippen LogP contribution < -0.4 is 15.3 Å². The summed E-state index contributed by atoms with van der Waals surface area (Å²) in [6.45, 7) is 29.3. The zero-order valence-electron chi connectivity index (χ0n) is 45.0. The van der Waals surface area contributed by atoms with Crippen LogP contribution in [0.3, 0.4) is 0 Å². The maximum atomic E-state index is 10.2. The molecule has 0 saturated carbocycles. The summed E-state index contributed by atoms with van der Waals surface area (Å²) in [5.74, 6) is -2.74. The molecule has 0 aromatic heterocycles. The van der Waals surface area contributed by atoms with Crippen molar-refractivity contribution in [2.45, 2.75) is 290 Å². The molecule has 0 heterocycles. The third-order valence-electron chi connectivity index (χ3n) is 10.9. The van der Waals surface area contributed by atoms with E-state index in [1.807, 2.05) is 0 Å². The molecule has 0 amide bonds. The zero-order valence-corrected chi connectivity index (χ0v) is 46.1. The number of hydrogen-bond acceptors (Lipinski definition) is 11. The van der Waals surface area contributed by atoms with Crippen LogP contribution in [0.5, 0.6) is 0 Å². The van der Waals surface area contributed by atoms with Crippen LogP contribution in [0.15, 0.2) is 36.5 Å². The Balaban J connectivity index is -0.000000105. The van der Waals surface area contributed by atoms with Crippen LogP contribution in [0.2, 0.25) is 0 Å². The first-order chi connectivity index (χ1) is 34.3. The van der Waals surface area contributed by atoms with Crippen molar-refractivity contribution < 1.29 is 70.7 Å². The van der Waals surface area contributed by atoms with Crippen LogP contribution in [0.25, 0.3) is 0 Å². The van der Waals surface area contributed by atoms with Gasteiger partial charge in [0.2, 0.25) is 0 Å². The monoisotopic (exact) mass is 1040 g/mol. The van der Waals surface area contributed by atoms with Gasteiger partial charge in [0.25, 0.3) is 33.9 Å². The molecule has 0 bridgehead atoms. The van der Waals surface area contributed by atoms with Gasteiger partial charge in [-0.3, -0.25) is 24.0 Å². The minimum atomic E-state index is -0.914. The second-order valence-electron chi connectivity index (χ2n) is 17.1. The van der Waals surface area contributed by atoms with E-state index in [-0.39, 0.29) is 36.3 Å². The Morgan fingerprint density at radius 2 is 0.380 bits per heavy atom. The summed E-state index contributed by atoms with van der Waals surface area (Å²) < 4.78 is 0. The van der Waals surface area contributed by atoms with Gasteiger partial charge in [-0.2, -0.15) is 0 Å². The van der Waals surface area contributed by atoms with Gasteiger partial charge in [0, 0.05) is 17.9 Å². The number of rotatable bonds is 45. The van der Waals surface area contributed by atoms with Crippen LogP contribution in [0.4, 0.5) is 0 Å². The number of hydrogen-bond donors (Lipinski definition) is 0. The molecule has 0 rings (SSSR count). The van der Waals surface area contributed by atoms with Gasteiger partial charge in [-0.25, -0.2) is 0 Å². The Kier molecular flexibility index (Phi) is 122. The topological polar surface area (TPSA) is 206 Å². The van der Waals surface area contributed by atoms with Crippen molar-refractivity contribution >= 4 is 51.9 Å². The average molecular weight is 1040 g/mol. The smallest absolute Gasteiger partial charge is 0.550 e. The molecule has 0 unspecified atom stereocenters. The summed E-state index contributed by atoms with van der Waals surface area (Å²) in [6, 6.07) is 0. The molecule has 409 valence electrons. The number of unbranched alkanes of at least 4 members (excludes halogenated alkanes) is 33. The molecule has 71 heavy (non-hydrogen) atoms. The summed E-state index contributed by atoms with van der Waals surface area (Å²) in [6.07, 6.45) is 62.7. The molecular formula is C59H99FeO11. The first kappa shape index (κ1) is 87.2. The third-order valence-corrected chi connectivity index (χ3v) is 10.9. The molecular weight excluding hydrogens is 940 g/mol. The standard InChI is InChI=1S/3C18H34O2.5CO.Fe/c3*1-2-3-4-5-6-7-8-9-10-11-12-13-14-15-16-17-18(19)20;5*1-2;/h3*9-10H,2-8,11-17H2,1H3,(H,19,20);;;;;;/q;;;;;;;;+3/p-3/b3*10-9-;;;;;;. The van der Waals surface area contributed by atoms with Gasteiger partial charge >= 0.3 is 17.1 Å². The van der Waals surface area contributed by atoms with Crippen LogP contribution in [-0.2, 0) is 55.4 Å². The Morgan fingerprint density at radius 3 is 0.521 bits per heavy atom. The van der Waals surface area contributed by atoms with E-state index in [2.05, 4.69) is 91.2 Å². The maximum Gasteiger partial charge on any atom is 3.00 e. The van der Waals surface area contributed by atoms with Crippen molar-refractivity contribution in [1.82, 2.24) is 0 Å². The fraction of sp³-hybridized carbons (Fsp3) is 0.763. The van der Waals surface area contributed by atoms with Crippen molar-refractivity contribution in [3.63, 3.8) is 0 Å². The number of allylic oxidation sites excluding steroid dienone is 6. The van der Waals surface area contributed by atoms with E-state index in [0.29, 0.717) is 0 Å². The molecule has 0 atom stereocenters. The molecule has 0 aliphatic carbocycles. The van der Waals surface area contributed by atoms with Crippen LogP contribution in [0, 0.1) is 0 Å². The van der Waals surface area contributed by atoms with Crippen molar-refractivity contribution in [1.29, 1.82) is 0 Å². The molecule has 0 N–H and O–H groups in total. The quantitative estimate of drug-likeness (QED) is 0.0318. The number of carbonyl (C=O) groups is 3. The molecule has 0 aliphatic heterocycles. The summed E-state index contributed by atoms with van der Waals surface area (Å²) in [4.78, 5) is 68.1. The second kappa shape index (κ2) is 99.7. The van der Waals surface area contributed by atoms with E-state index in [4.69, 9.17) is 24.0 Å². The Hall–Kier alpha value is -3.50. The first-order valence-electron chi connectivity index (χ1n) is 26.9. The van der Waals surface area contributed by atoms with E-state index in [9.17, 15) is 29.7 Å². The van der Waals surface area contributed by atoms with Gasteiger partial charge in [-0.1, -0.05) is 211 Å². The largest absolute Gasteiger partial charge is 3.00 e. The Labute approximate surface area is 447 Å². The number of carboxylic acid groups (broad SMARTS) is 3. The predicted octanol–water partition coefficient (Wildman–Crippen LogP) is 12.3. The minimum absolute atomic E-state index is 0. The van der Waals surface area contributed by atoms with Gasteiger partial charge in [-0.05, 0) is 116 Å². The molecule has 11 nitrogen and oxygen atoms in total. The van der Waals surface area contributed by atoms with Gasteiger partial charge < -0.3 is 29.7 Å². The van der Waals surface area contributed by atoms with Crippen LogP contribution >= 0.6 is 0 Å². The van der Waals surface area contributed by atoms with Crippen molar-refractivity contribution in [3.8, 4) is 0 Å². The van der Waals surface area contributed by atoms with E-state index in [1.165, 1.54) is 193 Å².